The largest absolute Gasteiger partial charge is 0.366 e. The Morgan fingerprint density at radius 1 is 1.59 bits per heavy atom. The number of hydrogen-bond donors (Lipinski definition) is 3. The molecule has 0 aromatic carbocycles. The van der Waals surface area contributed by atoms with Gasteiger partial charge in [-0.3, -0.25) is 9.89 Å². The normalized spacial score (nSPS) is 10.2. The summed E-state index contributed by atoms with van der Waals surface area (Å²) in [5.41, 5.74) is 6.53. The van der Waals surface area contributed by atoms with Crippen LogP contribution in [0.4, 0.5) is 11.6 Å². The van der Waals surface area contributed by atoms with E-state index in [2.05, 4.69) is 25.5 Å². The molecule has 0 aliphatic rings. The van der Waals surface area contributed by atoms with E-state index in [0.717, 1.165) is 5.56 Å². The van der Waals surface area contributed by atoms with Crippen LogP contribution in [0.1, 0.15) is 16.2 Å². The number of H-pyrrole nitrogens is 1. The van der Waals surface area contributed by atoms with E-state index in [4.69, 9.17) is 17.3 Å². The number of nitrogens with one attached hydrogen (secondary N) is 2. The Morgan fingerprint density at radius 3 is 2.94 bits per heavy atom. The maximum Gasteiger partial charge on any atom is 0.293 e. The van der Waals surface area contributed by atoms with Gasteiger partial charge in [0, 0.05) is 6.20 Å². The highest BCUT2D eigenvalue weighted by Gasteiger charge is 2.14. The fraction of sp³-hybridized carbons (Fsp3) is 0.111. The second-order valence-corrected chi connectivity index (χ2v) is 3.65. The zero-order valence-corrected chi connectivity index (χ0v) is 9.62. The van der Waals surface area contributed by atoms with Gasteiger partial charge in [-0.15, -0.1) is 5.10 Å². The molecule has 88 valence electrons. The number of halogens is 1. The third-order valence-corrected chi connectivity index (χ3v) is 2.36. The van der Waals surface area contributed by atoms with Crippen molar-refractivity contribution in [2.24, 2.45) is 0 Å². The summed E-state index contributed by atoms with van der Waals surface area (Å²) in [5.74, 6) is -0.460. The van der Waals surface area contributed by atoms with E-state index in [9.17, 15) is 4.79 Å². The number of aromatic nitrogens is 4. The highest BCUT2D eigenvalue weighted by atomic mass is 35.5. The standard InChI is InChI=1S/C9H9ClN6O/c1-4-2-3-12-6(10)5(4)13-8(17)7-14-9(11)16-15-7/h2-3H,1H3,(H,13,17)(H3,11,14,15,16). The third kappa shape index (κ3) is 2.34. The Balaban J connectivity index is 2.24. The van der Waals surface area contributed by atoms with Crippen LogP contribution in [0.3, 0.4) is 0 Å². The molecule has 2 aromatic heterocycles. The first-order valence-electron chi connectivity index (χ1n) is 4.68. The van der Waals surface area contributed by atoms with Gasteiger partial charge >= 0.3 is 0 Å². The van der Waals surface area contributed by atoms with E-state index in [1.165, 1.54) is 0 Å². The first-order chi connectivity index (χ1) is 8.08. The molecule has 8 heteroatoms. The molecule has 4 N–H and O–H groups in total. The van der Waals surface area contributed by atoms with Crippen LogP contribution in [0.25, 0.3) is 0 Å². The van der Waals surface area contributed by atoms with E-state index >= 15 is 0 Å². The zero-order chi connectivity index (χ0) is 12.4. The van der Waals surface area contributed by atoms with Gasteiger partial charge in [-0.05, 0) is 18.6 Å². The molecule has 0 saturated carbocycles. The van der Waals surface area contributed by atoms with E-state index in [-0.39, 0.29) is 16.9 Å². The Labute approximate surface area is 101 Å². The van der Waals surface area contributed by atoms with Crippen LogP contribution in [0, 0.1) is 6.92 Å². The number of pyridine rings is 1. The lowest BCUT2D eigenvalue weighted by atomic mass is 10.2. The minimum absolute atomic E-state index is 0.00385. The van der Waals surface area contributed by atoms with Crippen LogP contribution in [0.2, 0.25) is 5.15 Å². The van der Waals surface area contributed by atoms with Gasteiger partial charge in [0.2, 0.25) is 11.8 Å². The molecular formula is C9H9ClN6O. The molecule has 2 heterocycles. The second kappa shape index (κ2) is 4.38. The number of aryl methyl sites for hydroxylation is 1. The maximum absolute atomic E-state index is 11.7. The van der Waals surface area contributed by atoms with Gasteiger partial charge in [-0.1, -0.05) is 11.6 Å². The molecule has 0 radical (unpaired) electrons. The number of rotatable bonds is 2. The Morgan fingerprint density at radius 2 is 2.35 bits per heavy atom. The van der Waals surface area contributed by atoms with Crippen LogP contribution < -0.4 is 11.1 Å². The number of amides is 1. The van der Waals surface area contributed by atoms with Gasteiger partial charge in [-0.25, -0.2) is 4.98 Å². The van der Waals surface area contributed by atoms with Gasteiger partial charge in [0.15, 0.2) is 5.15 Å². The van der Waals surface area contributed by atoms with Crippen molar-refractivity contribution in [1.29, 1.82) is 0 Å². The lowest BCUT2D eigenvalue weighted by Gasteiger charge is -2.07. The summed E-state index contributed by atoms with van der Waals surface area (Å²) in [5, 5.41) is 8.76. The highest BCUT2D eigenvalue weighted by molar-refractivity contribution is 6.32. The predicted molar refractivity (Wildman–Crippen MR) is 62.7 cm³/mol. The Kier molecular flexibility index (Phi) is 2.92. The van der Waals surface area contributed by atoms with Gasteiger partial charge in [0.25, 0.3) is 5.91 Å². The number of nitrogens with two attached hydrogens (primary N) is 1. The van der Waals surface area contributed by atoms with Gasteiger partial charge in [0.1, 0.15) is 0 Å². The summed E-state index contributed by atoms with van der Waals surface area (Å²) in [7, 11) is 0. The fourth-order valence-electron chi connectivity index (χ4n) is 1.22. The molecule has 1 amide bonds. The quantitative estimate of drug-likeness (QED) is 0.691. The summed E-state index contributed by atoms with van der Waals surface area (Å²) in [4.78, 5) is 19.3. The smallest absolute Gasteiger partial charge is 0.293 e. The molecule has 2 rings (SSSR count). The number of aromatic amines is 1. The number of carbonyl (C=O) groups is 1. The summed E-state index contributed by atoms with van der Waals surface area (Å²) in [6, 6.07) is 1.73. The average molecular weight is 253 g/mol. The molecule has 0 spiro atoms. The summed E-state index contributed by atoms with van der Waals surface area (Å²) >= 11 is 5.87. The zero-order valence-electron chi connectivity index (χ0n) is 8.86. The topological polar surface area (TPSA) is 110 Å². The Hall–Kier alpha value is -2.15. The van der Waals surface area contributed by atoms with Gasteiger partial charge in [-0.2, -0.15) is 4.98 Å². The van der Waals surface area contributed by atoms with Crippen molar-refractivity contribution < 1.29 is 4.79 Å². The van der Waals surface area contributed by atoms with Gasteiger partial charge < -0.3 is 11.1 Å². The van der Waals surface area contributed by atoms with Gasteiger partial charge in [0.05, 0.1) is 5.69 Å². The fourth-order valence-corrected chi connectivity index (χ4v) is 1.48. The van der Waals surface area contributed by atoms with Crippen molar-refractivity contribution in [3.63, 3.8) is 0 Å². The summed E-state index contributed by atoms with van der Waals surface area (Å²) in [6.07, 6.45) is 1.56. The first kappa shape index (κ1) is 11.3. The Bertz CT molecular complexity index is 546. The number of carbonyl (C=O) groups excluding carboxylic acids is 1. The lowest BCUT2D eigenvalue weighted by Crippen LogP contribution is -2.15. The molecule has 0 aliphatic heterocycles. The van der Waals surface area contributed by atoms with Crippen LogP contribution in [0.5, 0.6) is 0 Å². The van der Waals surface area contributed by atoms with Crippen molar-refractivity contribution in [3.8, 4) is 0 Å². The van der Waals surface area contributed by atoms with Crippen molar-refractivity contribution in [1.82, 2.24) is 20.2 Å². The minimum Gasteiger partial charge on any atom is -0.366 e. The molecule has 17 heavy (non-hydrogen) atoms. The minimum atomic E-state index is -0.479. The molecule has 0 bridgehead atoms. The maximum atomic E-state index is 11.7. The third-order valence-electron chi connectivity index (χ3n) is 2.07. The van der Waals surface area contributed by atoms with Crippen LogP contribution in [-0.2, 0) is 0 Å². The summed E-state index contributed by atoms with van der Waals surface area (Å²) < 4.78 is 0. The van der Waals surface area contributed by atoms with Crippen molar-refractivity contribution in [3.05, 3.63) is 28.8 Å². The van der Waals surface area contributed by atoms with E-state index in [1.807, 2.05) is 0 Å². The van der Waals surface area contributed by atoms with E-state index in [0.29, 0.717) is 5.69 Å². The first-order valence-corrected chi connectivity index (χ1v) is 5.06. The number of anilines is 2. The lowest BCUT2D eigenvalue weighted by molar-refractivity contribution is 0.101. The van der Waals surface area contributed by atoms with Crippen LogP contribution in [-0.4, -0.2) is 26.1 Å². The monoisotopic (exact) mass is 252 g/mol. The van der Waals surface area contributed by atoms with Crippen molar-refractivity contribution in [2.45, 2.75) is 6.92 Å². The molecule has 0 aliphatic carbocycles. The summed E-state index contributed by atoms with van der Waals surface area (Å²) in [6.45, 7) is 1.80. The van der Waals surface area contributed by atoms with Crippen LogP contribution >= 0.6 is 11.6 Å². The second-order valence-electron chi connectivity index (χ2n) is 3.29. The number of nitrogen functional groups attached to an aromatic ring is 1. The predicted octanol–water partition coefficient (Wildman–Crippen LogP) is 0.996. The van der Waals surface area contributed by atoms with E-state index in [1.54, 1.807) is 19.2 Å². The average Bonchev–Trinajstić information content (AvgIpc) is 2.70. The number of nitrogens with zero attached hydrogens (tertiary/aromatic N) is 3. The van der Waals surface area contributed by atoms with Crippen molar-refractivity contribution >= 4 is 29.1 Å². The molecule has 2 aromatic rings. The molecule has 0 saturated heterocycles. The number of hydrogen-bond acceptors (Lipinski definition) is 5. The molecule has 0 unspecified atom stereocenters. The molecular weight excluding hydrogens is 244 g/mol. The van der Waals surface area contributed by atoms with Crippen molar-refractivity contribution in [2.75, 3.05) is 11.1 Å². The molecule has 0 fully saturated rings. The van der Waals surface area contributed by atoms with E-state index < -0.39 is 5.91 Å². The highest BCUT2D eigenvalue weighted by Crippen LogP contribution is 2.22. The molecule has 7 nitrogen and oxygen atoms in total. The van der Waals surface area contributed by atoms with Crippen LogP contribution in [0.15, 0.2) is 12.3 Å². The molecule has 0 atom stereocenters. The SMILES string of the molecule is Cc1ccnc(Cl)c1NC(=O)c1nc(N)n[nH]1.